The summed E-state index contributed by atoms with van der Waals surface area (Å²) in [6.45, 7) is 6.62. The molecule has 0 saturated carbocycles. The van der Waals surface area contributed by atoms with Crippen molar-refractivity contribution in [2.45, 2.75) is 20.1 Å². The summed E-state index contributed by atoms with van der Waals surface area (Å²) in [5.74, 6) is -0.681. The van der Waals surface area contributed by atoms with E-state index >= 15 is 0 Å². The van der Waals surface area contributed by atoms with Gasteiger partial charge < -0.3 is 10.1 Å². The van der Waals surface area contributed by atoms with Crippen molar-refractivity contribution >= 4 is 28.6 Å². The Labute approximate surface area is 196 Å². The fourth-order valence-electron chi connectivity index (χ4n) is 3.82. The van der Waals surface area contributed by atoms with Gasteiger partial charge in [0.2, 0.25) is 5.91 Å². The fourth-order valence-corrected chi connectivity index (χ4v) is 3.82. The van der Waals surface area contributed by atoms with Gasteiger partial charge in [-0.15, -0.1) is 0 Å². The van der Waals surface area contributed by atoms with Gasteiger partial charge in [0.05, 0.1) is 11.6 Å². The quantitative estimate of drug-likeness (QED) is 0.311. The number of carbonyl (C=O) groups is 2. The highest BCUT2D eigenvalue weighted by Gasteiger charge is 2.18. The van der Waals surface area contributed by atoms with Gasteiger partial charge in [-0.1, -0.05) is 30.8 Å². The first kappa shape index (κ1) is 22.5. The normalized spacial score (nSPS) is 11.4. The smallest absolute Gasteiger partial charge is 0.304 e. The van der Waals surface area contributed by atoms with Crippen LogP contribution in [0.25, 0.3) is 33.3 Å². The Kier molecular flexibility index (Phi) is 6.24. The molecule has 4 rings (SSSR count). The molecule has 2 heterocycles. The van der Waals surface area contributed by atoms with E-state index in [1.54, 1.807) is 29.8 Å². The summed E-state index contributed by atoms with van der Waals surface area (Å²) in [4.78, 5) is 27.9. The van der Waals surface area contributed by atoms with E-state index in [0.717, 1.165) is 27.6 Å². The van der Waals surface area contributed by atoms with Gasteiger partial charge in [-0.3, -0.25) is 14.2 Å². The highest BCUT2D eigenvalue weighted by Crippen LogP contribution is 2.35. The van der Waals surface area contributed by atoms with Crippen molar-refractivity contribution in [2.75, 3.05) is 5.32 Å². The van der Waals surface area contributed by atoms with E-state index < -0.39 is 12.2 Å². The standard InChI is InChI=1S/C27H22N4O3/c1-4-26(33)30-23-10-6-8-20(12-23)22-13-24-25(21-9-5-7-19(11-21)14-28)16-31(27(24)29-15-22)17(2)34-18(3)32/h4-13,15-17H,1H2,2-3H3,(H,30,33). The van der Waals surface area contributed by atoms with E-state index in [9.17, 15) is 14.9 Å². The summed E-state index contributed by atoms with van der Waals surface area (Å²) in [5, 5.41) is 13.0. The number of fused-ring (bicyclic) bond motifs is 1. The number of pyridine rings is 1. The van der Waals surface area contributed by atoms with Crippen LogP contribution in [0.5, 0.6) is 0 Å². The van der Waals surface area contributed by atoms with Gasteiger partial charge >= 0.3 is 5.97 Å². The third-order valence-corrected chi connectivity index (χ3v) is 5.35. The highest BCUT2D eigenvalue weighted by atomic mass is 16.6. The molecule has 2 aromatic carbocycles. The molecule has 0 saturated heterocycles. The van der Waals surface area contributed by atoms with Crippen LogP contribution in [0.4, 0.5) is 5.69 Å². The predicted molar refractivity (Wildman–Crippen MR) is 131 cm³/mol. The van der Waals surface area contributed by atoms with Crippen molar-refractivity contribution < 1.29 is 14.3 Å². The van der Waals surface area contributed by atoms with Crippen molar-refractivity contribution in [1.82, 2.24) is 9.55 Å². The van der Waals surface area contributed by atoms with Crippen LogP contribution >= 0.6 is 0 Å². The Morgan fingerprint density at radius 2 is 1.91 bits per heavy atom. The number of nitrogens with zero attached hydrogens (tertiary/aromatic N) is 3. The molecule has 0 radical (unpaired) electrons. The predicted octanol–water partition coefficient (Wildman–Crippen LogP) is 5.45. The summed E-state index contributed by atoms with van der Waals surface area (Å²) in [6.07, 6.45) is 4.27. The van der Waals surface area contributed by atoms with Gasteiger partial charge in [0.25, 0.3) is 0 Å². The Balaban J connectivity index is 1.87. The molecule has 0 spiro atoms. The number of rotatable bonds is 6. The fraction of sp³-hybridized carbons (Fsp3) is 0.111. The molecular weight excluding hydrogens is 428 g/mol. The van der Waals surface area contributed by atoms with Crippen LogP contribution in [0, 0.1) is 11.3 Å². The molecule has 168 valence electrons. The number of aromatic nitrogens is 2. The van der Waals surface area contributed by atoms with Crippen molar-refractivity contribution in [2.24, 2.45) is 0 Å². The first-order valence-corrected chi connectivity index (χ1v) is 10.6. The molecule has 0 fully saturated rings. The van der Waals surface area contributed by atoms with Crippen LogP contribution in [-0.4, -0.2) is 21.4 Å². The molecule has 4 aromatic rings. The van der Waals surface area contributed by atoms with Crippen molar-refractivity contribution in [3.8, 4) is 28.3 Å². The maximum Gasteiger partial charge on any atom is 0.304 e. The summed E-state index contributed by atoms with van der Waals surface area (Å²) in [5.41, 5.74) is 5.25. The van der Waals surface area contributed by atoms with Gasteiger partial charge in [-0.2, -0.15) is 5.26 Å². The lowest BCUT2D eigenvalue weighted by molar-refractivity contribution is -0.149. The van der Waals surface area contributed by atoms with E-state index in [4.69, 9.17) is 4.74 Å². The number of ether oxygens (including phenoxy) is 1. The zero-order valence-corrected chi connectivity index (χ0v) is 18.8. The average Bonchev–Trinajstić information content (AvgIpc) is 3.23. The molecule has 0 bridgehead atoms. The Morgan fingerprint density at radius 3 is 2.65 bits per heavy atom. The number of amides is 1. The lowest BCUT2D eigenvalue weighted by atomic mass is 10.0. The Hall–Kier alpha value is -4.70. The van der Waals surface area contributed by atoms with Gasteiger partial charge in [-0.25, -0.2) is 4.98 Å². The number of anilines is 1. The minimum atomic E-state index is -0.566. The lowest BCUT2D eigenvalue weighted by Gasteiger charge is -2.14. The van der Waals surface area contributed by atoms with Crippen molar-refractivity contribution in [3.05, 3.63) is 85.2 Å². The Bertz CT molecular complexity index is 1460. The first-order chi connectivity index (χ1) is 16.4. The topological polar surface area (TPSA) is 97.0 Å². The van der Waals surface area contributed by atoms with Crippen LogP contribution < -0.4 is 5.32 Å². The molecule has 1 N–H and O–H groups in total. The maximum absolute atomic E-state index is 11.7. The zero-order valence-electron chi connectivity index (χ0n) is 18.8. The molecule has 1 atom stereocenters. The number of hydrogen-bond acceptors (Lipinski definition) is 5. The lowest BCUT2D eigenvalue weighted by Crippen LogP contribution is -2.11. The van der Waals surface area contributed by atoms with Crippen LogP contribution in [0.1, 0.15) is 25.6 Å². The van der Waals surface area contributed by atoms with Gasteiger partial charge in [-0.05, 0) is 54.5 Å². The average molecular weight is 450 g/mol. The molecule has 7 nitrogen and oxygen atoms in total. The third kappa shape index (κ3) is 4.57. The minimum absolute atomic E-state index is 0.290. The second-order valence-corrected chi connectivity index (χ2v) is 7.72. The molecule has 2 aromatic heterocycles. The zero-order chi connectivity index (χ0) is 24.2. The largest absolute Gasteiger partial charge is 0.442 e. The van der Waals surface area contributed by atoms with Crippen LogP contribution in [0.3, 0.4) is 0 Å². The maximum atomic E-state index is 11.7. The first-order valence-electron chi connectivity index (χ1n) is 10.6. The van der Waals surface area contributed by atoms with Crippen LogP contribution in [-0.2, 0) is 14.3 Å². The van der Waals surface area contributed by atoms with Crippen LogP contribution in [0.15, 0.2) is 79.6 Å². The second kappa shape index (κ2) is 9.43. The van der Waals surface area contributed by atoms with E-state index in [1.807, 2.05) is 48.7 Å². The van der Waals surface area contributed by atoms with E-state index in [-0.39, 0.29) is 5.91 Å². The van der Waals surface area contributed by atoms with Gasteiger partial charge in [0.1, 0.15) is 5.65 Å². The monoisotopic (exact) mass is 450 g/mol. The highest BCUT2D eigenvalue weighted by molar-refractivity contribution is 6.00. The number of esters is 1. The third-order valence-electron chi connectivity index (χ3n) is 5.35. The minimum Gasteiger partial charge on any atom is -0.442 e. The number of nitriles is 1. The Morgan fingerprint density at radius 1 is 1.15 bits per heavy atom. The number of benzene rings is 2. The number of carbonyl (C=O) groups excluding carboxylic acids is 2. The molecule has 7 heteroatoms. The van der Waals surface area contributed by atoms with Crippen molar-refractivity contribution in [3.63, 3.8) is 0 Å². The summed E-state index contributed by atoms with van der Waals surface area (Å²) in [6, 6.07) is 18.9. The molecule has 0 aliphatic heterocycles. The molecule has 34 heavy (non-hydrogen) atoms. The number of nitrogens with one attached hydrogen (secondary N) is 1. The number of hydrogen-bond donors (Lipinski definition) is 1. The van der Waals surface area contributed by atoms with E-state index in [1.165, 1.54) is 13.0 Å². The van der Waals surface area contributed by atoms with Gasteiger partial charge in [0, 0.05) is 41.5 Å². The summed E-state index contributed by atoms with van der Waals surface area (Å²) >= 11 is 0. The van der Waals surface area contributed by atoms with Crippen molar-refractivity contribution in [1.29, 1.82) is 5.26 Å². The van der Waals surface area contributed by atoms with E-state index in [0.29, 0.717) is 16.9 Å². The second-order valence-electron chi connectivity index (χ2n) is 7.72. The van der Waals surface area contributed by atoms with Crippen LogP contribution in [0.2, 0.25) is 0 Å². The molecule has 0 aliphatic rings. The summed E-state index contributed by atoms with van der Waals surface area (Å²) < 4.78 is 7.20. The molecule has 1 amide bonds. The summed E-state index contributed by atoms with van der Waals surface area (Å²) in [7, 11) is 0. The molecule has 1 unspecified atom stereocenters. The van der Waals surface area contributed by atoms with E-state index in [2.05, 4.69) is 22.9 Å². The molecular formula is C27H22N4O3. The SMILES string of the molecule is C=CC(=O)Nc1cccc(-c2cnc3c(c2)c(-c2cccc(C#N)c2)cn3C(C)OC(C)=O)c1. The molecule has 0 aliphatic carbocycles. The van der Waals surface area contributed by atoms with Gasteiger partial charge in [0.15, 0.2) is 6.23 Å².